The summed E-state index contributed by atoms with van der Waals surface area (Å²) in [5.74, 6) is -0.635. The van der Waals surface area contributed by atoms with Gasteiger partial charge in [0.2, 0.25) is 5.91 Å². The monoisotopic (exact) mass is 878 g/mol. The lowest BCUT2D eigenvalue weighted by Gasteiger charge is -2.40. The van der Waals surface area contributed by atoms with E-state index in [9.17, 15) is 35.4 Å². The first-order chi connectivity index (χ1) is 30.3. The van der Waals surface area contributed by atoms with Gasteiger partial charge >= 0.3 is 0 Å². The maximum Gasteiger partial charge on any atom is 0.249 e. The summed E-state index contributed by atoms with van der Waals surface area (Å²) in [5.41, 5.74) is 0. The lowest BCUT2D eigenvalue weighted by Crippen LogP contribution is -2.60. The van der Waals surface area contributed by atoms with E-state index < -0.39 is 61.5 Å². The molecule has 8 unspecified atom stereocenters. The molecule has 1 saturated heterocycles. The number of hydrogen-bond acceptors (Lipinski definition) is 9. The van der Waals surface area contributed by atoms with E-state index in [0.29, 0.717) is 19.3 Å². The van der Waals surface area contributed by atoms with E-state index in [2.05, 4.69) is 55.6 Å². The fourth-order valence-electron chi connectivity index (χ4n) is 7.78. The largest absolute Gasteiger partial charge is 0.394 e. The fourth-order valence-corrected chi connectivity index (χ4v) is 7.78. The highest BCUT2D eigenvalue weighted by atomic mass is 16.7. The molecule has 1 aliphatic heterocycles. The lowest BCUT2D eigenvalue weighted by molar-refractivity contribution is -0.302. The second-order valence-corrected chi connectivity index (χ2v) is 17.7. The van der Waals surface area contributed by atoms with E-state index >= 15 is 0 Å². The Kier molecular flexibility index (Phi) is 39.2. The predicted molar refractivity (Wildman–Crippen MR) is 255 cm³/mol. The maximum absolute atomic E-state index is 13.1. The Morgan fingerprint density at radius 1 is 0.548 bits per heavy atom. The third-order valence-electron chi connectivity index (χ3n) is 12.0. The summed E-state index contributed by atoms with van der Waals surface area (Å²) in [7, 11) is 0. The molecule has 0 spiro atoms. The van der Waals surface area contributed by atoms with Crippen LogP contribution in [0.25, 0.3) is 0 Å². The number of nitrogens with one attached hydrogen (secondary N) is 1. The van der Waals surface area contributed by atoms with Gasteiger partial charge in [0.05, 0.1) is 25.4 Å². The first-order valence-corrected chi connectivity index (χ1v) is 25.5. The van der Waals surface area contributed by atoms with Crippen LogP contribution in [0, 0.1) is 0 Å². The van der Waals surface area contributed by atoms with E-state index in [1.165, 1.54) is 128 Å². The smallest absolute Gasteiger partial charge is 0.249 e. The predicted octanol–water partition coefficient (Wildman–Crippen LogP) is 10.4. The molecule has 1 amide bonds. The fraction of sp³-hybridized carbons (Fsp3) is 0.827. The van der Waals surface area contributed by atoms with Crippen LogP contribution in [-0.4, -0.2) is 98.7 Å². The molecule has 0 aliphatic carbocycles. The van der Waals surface area contributed by atoms with Crippen molar-refractivity contribution >= 4 is 5.91 Å². The molecule has 0 aromatic rings. The van der Waals surface area contributed by atoms with Crippen molar-refractivity contribution in [1.82, 2.24) is 5.32 Å². The summed E-state index contributed by atoms with van der Waals surface area (Å²) >= 11 is 0. The molecule has 1 rings (SSSR count). The quantitative estimate of drug-likeness (QED) is 0.0233. The number of carbonyl (C=O) groups is 1. The number of carbonyl (C=O) groups excluding carboxylic acids is 1. The maximum atomic E-state index is 13.1. The molecule has 0 aromatic heterocycles. The van der Waals surface area contributed by atoms with Gasteiger partial charge in [0.1, 0.15) is 30.5 Å². The molecule has 1 heterocycles. The van der Waals surface area contributed by atoms with Crippen molar-refractivity contribution in [2.75, 3.05) is 13.2 Å². The molecular formula is C52H95NO9. The number of ether oxygens (including phenoxy) is 2. The number of aliphatic hydroxyl groups excluding tert-OH is 6. The van der Waals surface area contributed by atoms with Crippen LogP contribution in [0.1, 0.15) is 213 Å². The molecule has 0 bridgehead atoms. The van der Waals surface area contributed by atoms with E-state index in [1.54, 1.807) is 6.08 Å². The molecule has 1 fully saturated rings. The lowest BCUT2D eigenvalue weighted by atomic mass is 9.99. The topological polar surface area (TPSA) is 169 Å². The average Bonchev–Trinajstić information content (AvgIpc) is 3.27. The molecule has 7 N–H and O–H groups in total. The van der Waals surface area contributed by atoms with Gasteiger partial charge in [-0.1, -0.05) is 191 Å². The number of aliphatic hydroxyl groups is 6. The van der Waals surface area contributed by atoms with E-state index in [4.69, 9.17) is 9.47 Å². The first kappa shape index (κ1) is 58.1. The van der Waals surface area contributed by atoms with Crippen LogP contribution in [0.4, 0.5) is 0 Å². The summed E-state index contributed by atoms with van der Waals surface area (Å²) in [6.45, 7) is 3.58. The van der Waals surface area contributed by atoms with Crippen LogP contribution >= 0.6 is 0 Å². The number of unbranched alkanes of at least 4 members (excludes halogenated alkanes) is 25. The summed E-state index contributed by atoms with van der Waals surface area (Å²) in [6.07, 6.45) is 43.4. The Morgan fingerprint density at radius 2 is 0.952 bits per heavy atom. The molecule has 0 radical (unpaired) electrons. The molecular weight excluding hydrogens is 783 g/mol. The van der Waals surface area contributed by atoms with Gasteiger partial charge in [-0.25, -0.2) is 0 Å². The van der Waals surface area contributed by atoms with E-state index in [-0.39, 0.29) is 6.61 Å². The minimum atomic E-state index is -1.62. The Bertz CT molecular complexity index is 1130. The van der Waals surface area contributed by atoms with Gasteiger partial charge in [0, 0.05) is 0 Å². The number of amides is 1. The van der Waals surface area contributed by atoms with Crippen LogP contribution in [0.3, 0.4) is 0 Å². The van der Waals surface area contributed by atoms with E-state index in [0.717, 1.165) is 51.4 Å². The summed E-state index contributed by atoms with van der Waals surface area (Å²) in [6, 6.07) is -1.01. The summed E-state index contributed by atoms with van der Waals surface area (Å²) in [5, 5.41) is 64.8. The highest BCUT2D eigenvalue weighted by Crippen LogP contribution is 2.23. The van der Waals surface area contributed by atoms with Crippen molar-refractivity contribution in [2.45, 2.75) is 262 Å². The molecule has 62 heavy (non-hydrogen) atoms. The van der Waals surface area contributed by atoms with Gasteiger partial charge in [-0.05, 0) is 70.6 Å². The van der Waals surface area contributed by atoms with Crippen molar-refractivity contribution < 1.29 is 44.9 Å². The molecule has 0 saturated carbocycles. The normalized spacial score (nSPS) is 21.2. The van der Waals surface area contributed by atoms with Crippen LogP contribution in [0.5, 0.6) is 0 Å². The zero-order valence-corrected chi connectivity index (χ0v) is 39.5. The Labute approximate surface area is 378 Å². The van der Waals surface area contributed by atoms with Crippen LogP contribution in [0.15, 0.2) is 48.6 Å². The summed E-state index contributed by atoms with van der Waals surface area (Å²) in [4.78, 5) is 13.1. The van der Waals surface area contributed by atoms with Gasteiger partial charge in [0.15, 0.2) is 6.29 Å². The second kappa shape index (κ2) is 41.8. The highest BCUT2D eigenvalue weighted by Gasteiger charge is 2.44. The minimum absolute atomic E-state index is 0.293. The van der Waals surface area contributed by atoms with Crippen LogP contribution in [0.2, 0.25) is 0 Å². The van der Waals surface area contributed by atoms with E-state index in [1.807, 2.05) is 6.08 Å². The Balaban J connectivity index is 2.40. The first-order valence-electron chi connectivity index (χ1n) is 25.5. The van der Waals surface area contributed by atoms with Gasteiger partial charge in [-0.3, -0.25) is 4.79 Å². The van der Waals surface area contributed by atoms with Crippen molar-refractivity contribution in [3.8, 4) is 0 Å². The average molecular weight is 878 g/mol. The summed E-state index contributed by atoms with van der Waals surface area (Å²) < 4.78 is 11.1. The standard InChI is InChI=1S/C52H95NO9/c1-3-5-7-9-11-13-15-17-19-21-22-23-25-27-29-31-33-35-37-39-41-46(56)51(60)53-44(43-61-52-50(59)49(58)48(57)47(42-54)62-52)45(55)40-38-36-34-32-30-28-26-24-20-18-16-14-12-10-8-6-4-2/h20,23-25,30,32,38,40,44-50,52,54-59H,3-19,21-22,26-29,31,33-37,39,41-43H2,1-2H3,(H,53,60)/b24-20+,25-23-,32-30+,40-38+. The highest BCUT2D eigenvalue weighted by molar-refractivity contribution is 5.80. The zero-order chi connectivity index (χ0) is 45.3. The Morgan fingerprint density at radius 3 is 1.40 bits per heavy atom. The molecule has 10 heteroatoms. The Hall–Kier alpha value is -1.89. The van der Waals surface area contributed by atoms with Gasteiger partial charge in [0.25, 0.3) is 0 Å². The zero-order valence-electron chi connectivity index (χ0n) is 39.5. The van der Waals surface area contributed by atoms with Gasteiger partial charge in [-0.15, -0.1) is 0 Å². The van der Waals surface area contributed by atoms with Gasteiger partial charge in [-0.2, -0.15) is 0 Å². The minimum Gasteiger partial charge on any atom is -0.394 e. The number of allylic oxidation sites excluding steroid dienone is 7. The molecule has 1 aliphatic rings. The van der Waals surface area contributed by atoms with Crippen molar-refractivity contribution in [2.24, 2.45) is 0 Å². The van der Waals surface area contributed by atoms with Crippen molar-refractivity contribution in [3.63, 3.8) is 0 Å². The van der Waals surface area contributed by atoms with Crippen molar-refractivity contribution in [1.29, 1.82) is 0 Å². The third-order valence-corrected chi connectivity index (χ3v) is 12.0. The molecule has 8 atom stereocenters. The SMILES string of the molecule is CCCCCCCCC/C=C/CC/C=C/CC/C=C/C(O)C(COC1OC(CO)C(O)C(O)C1O)NC(=O)C(O)CCCCCCCC/C=C\CCCCCCCCCCCC. The van der Waals surface area contributed by atoms with Gasteiger partial charge < -0.3 is 45.4 Å². The third kappa shape index (κ3) is 31.1. The number of hydrogen-bond donors (Lipinski definition) is 7. The van der Waals surface area contributed by atoms with Crippen LogP contribution in [-0.2, 0) is 14.3 Å². The molecule has 362 valence electrons. The molecule has 0 aromatic carbocycles. The molecule has 10 nitrogen and oxygen atoms in total. The van der Waals surface area contributed by atoms with Crippen molar-refractivity contribution in [3.05, 3.63) is 48.6 Å². The number of rotatable bonds is 42. The van der Waals surface area contributed by atoms with Crippen LogP contribution < -0.4 is 5.32 Å². The second-order valence-electron chi connectivity index (χ2n) is 17.7.